The summed E-state index contributed by atoms with van der Waals surface area (Å²) in [5, 5.41) is 9.33. The third kappa shape index (κ3) is 3.19. The Morgan fingerprint density at radius 1 is 1.37 bits per heavy atom. The van der Waals surface area contributed by atoms with E-state index in [4.69, 9.17) is 0 Å². The number of aryl methyl sites for hydroxylation is 1. The zero-order chi connectivity index (χ0) is 13.9. The van der Waals surface area contributed by atoms with Crippen LogP contribution in [-0.4, -0.2) is 30.1 Å². The fraction of sp³-hybridized carbons (Fsp3) is 0.250. The minimum absolute atomic E-state index is 0.0145. The standard InChI is InChI=1S/C12H15N3O3S/c1-9-13-7-12(14-9)19(17,18)15-11(8-16)10-5-3-2-4-6-10/h2-7,11,15-16H,8H2,1H3,(H,13,14). The van der Waals surface area contributed by atoms with E-state index in [9.17, 15) is 13.5 Å². The summed E-state index contributed by atoms with van der Waals surface area (Å²) in [5.74, 6) is 0.514. The van der Waals surface area contributed by atoms with Crippen molar-refractivity contribution in [3.8, 4) is 0 Å². The van der Waals surface area contributed by atoms with Crippen molar-refractivity contribution in [2.45, 2.75) is 18.0 Å². The molecule has 0 saturated heterocycles. The van der Waals surface area contributed by atoms with Crippen LogP contribution in [0, 0.1) is 6.92 Å². The lowest BCUT2D eigenvalue weighted by molar-refractivity contribution is 0.259. The van der Waals surface area contributed by atoms with Gasteiger partial charge in [-0.1, -0.05) is 30.3 Å². The Morgan fingerprint density at radius 2 is 2.05 bits per heavy atom. The van der Waals surface area contributed by atoms with Gasteiger partial charge in [-0.2, -0.15) is 0 Å². The molecular formula is C12H15N3O3S. The molecule has 0 spiro atoms. The number of aliphatic hydroxyl groups is 1. The third-order valence-corrected chi connectivity index (χ3v) is 4.03. The maximum atomic E-state index is 12.1. The van der Waals surface area contributed by atoms with E-state index in [0.29, 0.717) is 11.4 Å². The SMILES string of the molecule is Cc1ncc(S(=O)(=O)NC(CO)c2ccccc2)[nH]1. The number of nitrogens with zero attached hydrogens (tertiary/aromatic N) is 1. The van der Waals surface area contributed by atoms with Gasteiger partial charge in [0.2, 0.25) is 0 Å². The lowest BCUT2D eigenvalue weighted by Gasteiger charge is -2.15. The Hall–Kier alpha value is -1.70. The zero-order valence-electron chi connectivity index (χ0n) is 10.4. The van der Waals surface area contributed by atoms with Crippen LogP contribution >= 0.6 is 0 Å². The summed E-state index contributed by atoms with van der Waals surface area (Å²) in [4.78, 5) is 6.51. The van der Waals surface area contributed by atoms with Gasteiger partial charge in [-0.3, -0.25) is 0 Å². The molecule has 0 aliphatic rings. The van der Waals surface area contributed by atoms with Crippen LogP contribution in [0.25, 0.3) is 0 Å². The summed E-state index contributed by atoms with van der Waals surface area (Å²) in [6, 6.07) is 8.21. The maximum Gasteiger partial charge on any atom is 0.258 e. The molecule has 102 valence electrons. The van der Waals surface area contributed by atoms with E-state index in [1.807, 2.05) is 6.07 Å². The van der Waals surface area contributed by atoms with E-state index >= 15 is 0 Å². The van der Waals surface area contributed by atoms with E-state index in [0.717, 1.165) is 0 Å². The lowest BCUT2D eigenvalue weighted by atomic mass is 10.1. The number of aliphatic hydroxyl groups excluding tert-OH is 1. The summed E-state index contributed by atoms with van der Waals surface area (Å²) in [7, 11) is -3.73. The lowest BCUT2D eigenvalue weighted by Crippen LogP contribution is -2.31. The molecular weight excluding hydrogens is 266 g/mol. The summed E-state index contributed by atoms with van der Waals surface area (Å²) < 4.78 is 26.6. The molecule has 2 rings (SSSR count). The smallest absolute Gasteiger partial charge is 0.258 e. The van der Waals surface area contributed by atoms with E-state index in [-0.39, 0.29) is 11.6 Å². The van der Waals surface area contributed by atoms with Gasteiger partial charge < -0.3 is 10.1 Å². The summed E-state index contributed by atoms with van der Waals surface area (Å²) in [5.41, 5.74) is 0.699. The van der Waals surface area contributed by atoms with Crippen LogP contribution in [0.4, 0.5) is 0 Å². The monoisotopic (exact) mass is 281 g/mol. The van der Waals surface area contributed by atoms with Crippen molar-refractivity contribution in [1.82, 2.24) is 14.7 Å². The average Bonchev–Trinajstić information content (AvgIpc) is 2.85. The predicted molar refractivity (Wildman–Crippen MR) is 69.9 cm³/mol. The molecule has 1 heterocycles. The van der Waals surface area contributed by atoms with Crippen LogP contribution in [0.2, 0.25) is 0 Å². The molecule has 0 aliphatic carbocycles. The highest BCUT2D eigenvalue weighted by molar-refractivity contribution is 7.89. The van der Waals surface area contributed by atoms with Crippen molar-refractivity contribution in [3.05, 3.63) is 47.9 Å². The number of aromatic amines is 1. The predicted octanol–water partition coefficient (Wildman–Crippen LogP) is 0.730. The first-order chi connectivity index (χ1) is 9.03. The Morgan fingerprint density at radius 3 is 2.58 bits per heavy atom. The van der Waals surface area contributed by atoms with E-state index in [1.54, 1.807) is 31.2 Å². The normalized spacial score (nSPS) is 13.4. The summed E-state index contributed by atoms with van der Waals surface area (Å²) in [6.07, 6.45) is 1.25. The molecule has 0 radical (unpaired) electrons. The van der Waals surface area contributed by atoms with Crippen LogP contribution in [-0.2, 0) is 10.0 Å². The van der Waals surface area contributed by atoms with Crippen molar-refractivity contribution in [1.29, 1.82) is 0 Å². The van der Waals surface area contributed by atoms with Gasteiger partial charge >= 0.3 is 0 Å². The van der Waals surface area contributed by atoms with Gasteiger partial charge in [0.1, 0.15) is 5.82 Å². The quantitative estimate of drug-likeness (QED) is 0.753. The van der Waals surface area contributed by atoms with E-state index in [2.05, 4.69) is 14.7 Å². The Labute approximate surface area is 111 Å². The molecule has 0 amide bonds. The first-order valence-electron chi connectivity index (χ1n) is 5.72. The Bertz CT molecular complexity index is 637. The van der Waals surface area contributed by atoms with Crippen LogP contribution in [0.5, 0.6) is 0 Å². The highest BCUT2D eigenvalue weighted by Crippen LogP contribution is 2.15. The Balaban J connectivity index is 2.23. The van der Waals surface area contributed by atoms with Gasteiger partial charge in [0.05, 0.1) is 18.8 Å². The number of rotatable bonds is 5. The molecule has 2 aromatic rings. The molecule has 6 nitrogen and oxygen atoms in total. The van der Waals surface area contributed by atoms with Gasteiger partial charge in [0, 0.05) is 0 Å². The first kappa shape index (κ1) is 13.7. The molecule has 0 aliphatic heterocycles. The van der Waals surface area contributed by atoms with Crippen LogP contribution in [0.1, 0.15) is 17.4 Å². The van der Waals surface area contributed by atoms with Crippen molar-refractivity contribution in [2.75, 3.05) is 6.61 Å². The minimum Gasteiger partial charge on any atom is -0.394 e. The topological polar surface area (TPSA) is 95.1 Å². The van der Waals surface area contributed by atoms with Gasteiger partial charge in [-0.15, -0.1) is 0 Å². The van der Waals surface area contributed by atoms with Gasteiger partial charge in [-0.05, 0) is 12.5 Å². The van der Waals surface area contributed by atoms with Gasteiger partial charge in [0.15, 0.2) is 5.03 Å². The fourth-order valence-electron chi connectivity index (χ4n) is 1.68. The van der Waals surface area contributed by atoms with Gasteiger partial charge in [-0.25, -0.2) is 18.1 Å². The van der Waals surface area contributed by atoms with Gasteiger partial charge in [0.25, 0.3) is 10.0 Å². The second kappa shape index (κ2) is 5.52. The van der Waals surface area contributed by atoms with Crippen LogP contribution in [0.15, 0.2) is 41.6 Å². The van der Waals surface area contributed by atoms with E-state index < -0.39 is 16.1 Å². The molecule has 0 fully saturated rings. The molecule has 3 N–H and O–H groups in total. The maximum absolute atomic E-state index is 12.1. The molecule has 0 saturated carbocycles. The molecule has 1 aromatic carbocycles. The van der Waals surface area contributed by atoms with Crippen LogP contribution < -0.4 is 4.72 Å². The zero-order valence-corrected chi connectivity index (χ0v) is 11.2. The fourth-order valence-corrected chi connectivity index (χ4v) is 2.87. The molecule has 19 heavy (non-hydrogen) atoms. The highest BCUT2D eigenvalue weighted by atomic mass is 32.2. The molecule has 1 unspecified atom stereocenters. The first-order valence-corrected chi connectivity index (χ1v) is 7.21. The van der Waals surface area contributed by atoms with Crippen molar-refractivity contribution >= 4 is 10.0 Å². The number of hydrogen-bond acceptors (Lipinski definition) is 4. The molecule has 7 heteroatoms. The second-order valence-electron chi connectivity index (χ2n) is 4.10. The Kier molecular flexibility index (Phi) is 3.98. The molecule has 1 aromatic heterocycles. The molecule has 0 bridgehead atoms. The second-order valence-corrected chi connectivity index (χ2v) is 5.78. The number of sulfonamides is 1. The largest absolute Gasteiger partial charge is 0.394 e. The number of imidazole rings is 1. The van der Waals surface area contributed by atoms with E-state index in [1.165, 1.54) is 6.20 Å². The average molecular weight is 281 g/mol. The summed E-state index contributed by atoms with van der Waals surface area (Å²) >= 11 is 0. The minimum atomic E-state index is -3.73. The number of hydrogen-bond donors (Lipinski definition) is 3. The number of aromatic nitrogens is 2. The van der Waals surface area contributed by atoms with Crippen molar-refractivity contribution in [3.63, 3.8) is 0 Å². The summed E-state index contributed by atoms with van der Waals surface area (Å²) in [6.45, 7) is 1.34. The number of nitrogens with one attached hydrogen (secondary N) is 2. The third-order valence-electron chi connectivity index (χ3n) is 2.65. The van der Waals surface area contributed by atoms with Crippen LogP contribution in [0.3, 0.4) is 0 Å². The number of benzene rings is 1. The molecule has 1 atom stereocenters. The highest BCUT2D eigenvalue weighted by Gasteiger charge is 2.22. The van der Waals surface area contributed by atoms with Crippen molar-refractivity contribution < 1.29 is 13.5 Å². The number of H-pyrrole nitrogens is 1. The van der Waals surface area contributed by atoms with Crippen molar-refractivity contribution in [2.24, 2.45) is 0 Å².